The fourth-order valence-corrected chi connectivity index (χ4v) is 1.26. The zero-order chi connectivity index (χ0) is 12.0. The van der Waals surface area contributed by atoms with Crippen molar-refractivity contribution in [3.8, 4) is 0 Å². The predicted molar refractivity (Wildman–Crippen MR) is 58.0 cm³/mol. The molecule has 88 valence electrons. The Morgan fingerprint density at radius 1 is 1.81 bits per heavy atom. The summed E-state index contributed by atoms with van der Waals surface area (Å²) >= 11 is 0. The van der Waals surface area contributed by atoms with Gasteiger partial charge in [0.15, 0.2) is 0 Å². The molecule has 1 atom stereocenters. The Morgan fingerprint density at radius 3 is 3.19 bits per heavy atom. The highest BCUT2D eigenvalue weighted by atomic mass is 16.6. The Kier molecular flexibility index (Phi) is 4.62. The Labute approximate surface area is 92.6 Å². The van der Waals surface area contributed by atoms with Crippen LogP contribution in [-0.4, -0.2) is 38.8 Å². The zero-order valence-corrected chi connectivity index (χ0v) is 8.74. The van der Waals surface area contributed by atoms with Crippen LogP contribution in [0.2, 0.25) is 0 Å². The van der Waals surface area contributed by atoms with Crippen molar-refractivity contribution in [2.45, 2.75) is 12.6 Å². The first-order valence-corrected chi connectivity index (χ1v) is 4.80. The molecule has 1 heterocycles. The molecule has 1 rings (SSSR count). The van der Waals surface area contributed by atoms with Crippen molar-refractivity contribution in [1.82, 2.24) is 14.9 Å². The second-order valence-electron chi connectivity index (χ2n) is 3.24. The number of aliphatic hydroxyl groups excluding tert-OH is 1. The minimum Gasteiger partial charge on any atom is -0.390 e. The molecule has 0 spiro atoms. The number of hydrogen-bond donors (Lipinski definition) is 2. The van der Waals surface area contributed by atoms with Crippen LogP contribution in [0.15, 0.2) is 25.0 Å². The summed E-state index contributed by atoms with van der Waals surface area (Å²) in [6.45, 7) is 4.60. The second-order valence-corrected chi connectivity index (χ2v) is 3.24. The summed E-state index contributed by atoms with van der Waals surface area (Å²) in [7, 11) is 0. The summed E-state index contributed by atoms with van der Waals surface area (Å²) in [5.74, 6) is -0.261. The number of imidazole rings is 1. The highest BCUT2D eigenvalue weighted by Crippen LogP contribution is 2.07. The number of aliphatic hydroxyl groups is 1. The van der Waals surface area contributed by atoms with E-state index >= 15 is 0 Å². The average molecular weight is 226 g/mol. The molecule has 0 aliphatic carbocycles. The maximum absolute atomic E-state index is 10.5. The van der Waals surface area contributed by atoms with Crippen LogP contribution < -0.4 is 5.32 Å². The fraction of sp³-hybridized carbons (Fsp3) is 0.444. The lowest BCUT2D eigenvalue weighted by molar-refractivity contribution is -0.397. The van der Waals surface area contributed by atoms with E-state index in [1.54, 1.807) is 6.08 Å². The highest BCUT2D eigenvalue weighted by molar-refractivity contribution is 5.06. The molecule has 0 amide bonds. The third-order valence-corrected chi connectivity index (χ3v) is 1.93. The topological polar surface area (TPSA) is 93.2 Å². The van der Waals surface area contributed by atoms with Gasteiger partial charge in [-0.05, 0) is 4.92 Å². The molecular weight excluding hydrogens is 212 g/mol. The van der Waals surface area contributed by atoms with Gasteiger partial charge in [0.25, 0.3) is 0 Å². The third-order valence-electron chi connectivity index (χ3n) is 1.93. The molecule has 0 bridgehead atoms. The molecular formula is C9H14N4O3. The van der Waals surface area contributed by atoms with Crippen LogP contribution in [0, 0.1) is 10.1 Å². The van der Waals surface area contributed by atoms with Gasteiger partial charge in [0.1, 0.15) is 12.4 Å². The molecule has 0 aliphatic rings. The first kappa shape index (κ1) is 12.3. The van der Waals surface area contributed by atoms with E-state index < -0.39 is 11.0 Å². The van der Waals surface area contributed by atoms with Crippen LogP contribution in [0.25, 0.3) is 0 Å². The molecule has 0 saturated heterocycles. The Bertz CT molecular complexity index is 363. The SMILES string of the molecule is C=CCNCC(O)Cn1ccnc1[N+](=O)[O-]. The van der Waals surface area contributed by atoms with Crippen molar-refractivity contribution in [2.75, 3.05) is 13.1 Å². The molecule has 1 aromatic heterocycles. The van der Waals surface area contributed by atoms with Gasteiger partial charge in [0.2, 0.25) is 0 Å². The molecule has 7 nitrogen and oxygen atoms in total. The number of aromatic nitrogens is 2. The number of nitro groups is 1. The van der Waals surface area contributed by atoms with E-state index in [1.165, 1.54) is 17.0 Å². The zero-order valence-electron chi connectivity index (χ0n) is 8.74. The summed E-state index contributed by atoms with van der Waals surface area (Å²) < 4.78 is 1.31. The highest BCUT2D eigenvalue weighted by Gasteiger charge is 2.16. The largest absolute Gasteiger partial charge is 0.434 e. The fourth-order valence-electron chi connectivity index (χ4n) is 1.26. The normalized spacial score (nSPS) is 12.3. The van der Waals surface area contributed by atoms with E-state index in [1.807, 2.05) is 0 Å². The predicted octanol–water partition coefficient (Wildman–Crippen LogP) is -0.0722. The standard InChI is InChI=1S/C9H14N4O3/c1-2-3-10-6-8(14)7-12-5-4-11-9(12)13(15)16/h2,4-5,8,10,14H,1,3,6-7H2. The molecule has 2 N–H and O–H groups in total. The Hall–Kier alpha value is -1.73. The van der Waals surface area contributed by atoms with Crippen LogP contribution in [0.3, 0.4) is 0 Å². The molecule has 0 radical (unpaired) electrons. The summed E-state index contributed by atoms with van der Waals surface area (Å²) in [6.07, 6.45) is 3.77. The van der Waals surface area contributed by atoms with E-state index in [9.17, 15) is 15.2 Å². The number of nitrogens with one attached hydrogen (secondary N) is 1. The summed E-state index contributed by atoms with van der Waals surface area (Å²) in [4.78, 5) is 13.5. The van der Waals surface area contributed by atoms with Gasteiger partial charge in [-0.2, -0.15) is 0 Å². The molecule has 16 heavy (non-hydrogen) atoms. The molecule has 1 unspecified atom stereocenters. The summed E-state index contributed by atoms with van der Waals surface area (Å²) in [5, 5.41) is 23.0. The molecule has 0 aliphatic heterocycles. The molecule has 0 aromatic carbocycles. The average Bonchev–Trinajstić information content (AvgIpc) is 2.66. The van der Waals surface area contributed by atoms with Crippen LogP contribution in [0.5, 0.6) is 0 Å². The lowest BCUT2D eigenvalue weighted by Crippen LogP contribution is -2.30. The van der Waals surface area contributed by atoms with Gasteiger partial charge in [-0.1, -0.05) is 11.1 Å². The van der Waals surface area contributed by atoms with Crippen LogP contribution >= 0.6 is 0 Å². The quantitative estimate of drug-likeness (QED) is 0.294. The molecule has 1 aromatic rings. The number of nitrogens with zero attached hydrogens (tertiary/aromatic N) is 3. The van der Waals surface area contributed by atoms with E-state index in [4.69, 9.17) is 0 Å². The van der Waals surface area contributed by atoms with E-state index in [-0.39, 0.29) is 12.5 Å². The summed E-state index contributed by atoms with van der Waals surface area (Å²) in [5.41, 5.74) is 0. The monoisotopic (exact) mass is 226 g/mol. The van der Waals surface area contributed by atoms with Crippen molar-refractivity contribution in [3.05, 3.63) is 35.2 Å². The van der Waals surface area contributed by atoms with Crippen molar-refractivity contribution in [1.29, 1.82) is 0 Å². The van der Waals surface area contributed by atoms with Gasteiger partial charge in [0.05, 0.1) is 12.6 Å². The van der Waals surface area contributed by atoms with E-state index in [0.717, 1.165) is 0 Å². The maximum atomic E-state index is 10.5. The second kappa shape index (κ2) is 5.99. The van der Waals surface area contributed by atoms with Crippen LogP contribution in [0.1, 0.15) is 0 Å². The van der Waals surface area contributed by atoms with Crippen molar-refractivity contribution >= 4 is 5.95 Å². The number of rotatable bonds is 7. The lowest BCUT2D eigenvalue weighted by atomic mass is 10.3. The smallest absolute Gasteiger partial charge is 0.390 e. The van der Waals surface area contributed by atoms with Gasteiger partial charge in [-0.15, -0.1) is 6.58 Å². The first-order chi connectivity index (χ1) is 7.65. The Balaban J connectivity index is 2.49. The van der Waals surface area contributed by atoms with Gasteiger partial charge >= 0.3 is 5.95 Å². The van der Waals surface area contributed by atoms with Crippen molar-refractivity contribution < 1.29 is 10.0 Å². The van der Waals surface area contributed by atoms with Gasteiger partial charge < -0.3 is 20.5 Å². The third kappa shape index (κ3) is 3.44. The van der Waals surface area contributed by atoms with Crippen LogP contribution in [-0.2, 0) is 6.54 Å². The molecule has 0 fully saturated rings. The maximum Gasteiger partial charge on any atom is 0.434 e. The number of hydrogen-bond acceptors (Lipinski definition) is 5. The lowest BCUT2D eigenvalue weighted by Gasteiger charge is -2.09. The van der Waals surface area contributed by atoms with Crippen LogP contribution in [0.4, 0.5) is 5.95 Å². The van der Waals surface area contributed by atoms with E-state index in [2.05, 4.69) is 16.9 Å². The molecule has 7 heteroatoms. The van der Waals surface area contributed by atoms with Gasteiger partial charge in [-0.3, -0.25) is 0 Å². The summed E-state index contributed by atoms with van der Waals surface area (Å²) in [6, 6.07) is 0. The minimum atomic E-state index is -0.701. The van der Waals surface area contributed by atoms with Crippen molar-refractivity contribution in [3.63, 3.8) is 0 Å². The minimum absolute atomic E-state index is 0.139. The van der Waals surface area contributed by atoms with E-state index in [0.29, 0.717) is 13.1 Å². The van der Waals surface area contributed by atoms with Gasteiger partial charge in [-0.25, -0.2) is 4.57 Å². The first-order valence-electron chi connectivity index (χ1n) is 4.80. The molecule has 0 saturated carbocycles. The van der Waals surface area contributed by atoms with Crippen molar-refractivity contribution in [2.24, 2.45) is 0 Å². The Morgan fingerprint density at radius 2 is 2.56 bits per heavy atom. The van der Waals surface area contributed by atoms with Gasteiger partial charge in [0, 0.05) is 13.1 Å².